The van der Waals surface area contributed by atoms with E-state index in [4.69, 9.17) is 0 Å². The first kappa shape index (κ1) is 15.1. The lowest BCUT2D eigenvalue weighted by atomic mass is 9.67. The molecular formula is C18H22N2O2S. The number of piperidine rings is 1. The quantitative estimate of drug-likeness (QED) is 0.871. The molecule has 1 amide bonds. The number of amides is 1. The highest BCUT2D eigenvalue weighted by Gasteiger charge is 2.38. The Kier molecular flexibility index (Phi) is 3.85. The number of fused-ring (bicyclic) bond motifs is 1. The van der Waals surface area contributed by atoms with E-state index in [-0.39, 0.29) is 12.0 Å². The van der Waals surface area contributed by atoms with Crippen molar-refractivity contribution in [1.29, 1.82) is 0 Å². The van der Waals surface area contributed by atoms with Gasteiger partial charge in [-0.2, -0.15) is 0 Å². The number of hydrogen-bond acceptors (Lipinski definition) is 4. The summed E-state index contributed by atoms with van der Waals surface area (Å²) >= 11 is 1.60. The minimum Gasteiger partial charge on any atom is -0.393 e. The van der Waals surface area contributed by atoms with E-state index in [2.05, 4.69) is 4.98 Å². The van der Waals surface area contributed by atoms with E-state index < -0.39 is 0 Å². The largest absolute Gasteiger partial charge is 0.393 e. The van der Waals surface area contributed by atoms with Gasteiger partial charge in [-0.3, -0.25) is 4.79 Å². The first-order valence-corrected chi connectivity index (χ1v) is 9.34. The van der Waals surface area contributed by atoms with E-state index in [1.54, 1.807) is 11.3 Å². The zero-order valence-corrected chi connectivity index (χ0v) is 14.0. The number of rotatable bonds is 1. The molecule has 2 aromatic rings. The van der Waals surface area contributed by atoms with Crippen molar-refractivity contribution in [2.45, 2.75) is 44.6 Å². The number of thiazole rings is 1. The predicted octanol–water partition coefficient (Wildman–Crippen LogP) is 3.45. The van der Waals surface area contributed by atoms with Crippen LogP contribution in [-0.4, -0.2) is 40.1 Å². The van der Waals surface area contributed by atoms with E-state index in [9.17, 15) is 9.90 Å². The molecule has 23 heavy (non-hydrogen) atoms. The monoisotopic (exact) mass is 330 g/mol. The van der Waals surface area contributed by atoms with Crippen LogP contribution in [0.5, 0.6) is 0 Å². The van der Waals surface area contributed by atoms with Crippen LogP contribution >= 0.6 is 11.3 Å². The fraction of sp³-hybridized carbons (Fsp3) is 0.556. The molecule has 0 bridgehead atoms. The van der Waals surface area contributed by atoms with Crippen LogP contribution in [0, 0.1) is 5.41 Å². The van der Waals surface area contributed by atoms with Crippen LogP contribution in [0.25, 0.3) is 10.2 Å². The van der Waals surface area contributed by atoms with Gasteiger partial charge in [0.05, 0.1) is 21.8 Å². The van der Waals surface area contributed by atoms with E-state index >= 15 is 0 Å². The summed E-state index contributed by atoms with van der Waals surface area (Å²) in [7, 11) is 0. The van der Waals surface area contributed by atoms with Crippen LogP contribution in [0.3, 0.4) is 0 Å². The van der Waals surface area contributed by atoms with Crippen LogP contribution in [0.4, 0.5) is 0 Å². The number of carbonyl (C=O) groups excluding carboxylic acids is 1. The molecule has 2 aliphatic rings. The lowest BCUT2D eigenvalue weighted by molar-refractivity contribution is 0.0168. The highest BCUT2D eigenvalue weighted by Crippen LogP contribution is 2.44. The number of likely N-dealkylation sites (tertiary alicyclic amines) is 1. The Morgan fingerprint density at radius 2 is 1.96 bits per heavy atom. The molecule has 1 aliphatic heterocycles. The summed E-state index contributed by atoms with van der Waals surface area (Å²) in [6.45, 7) is 1.67. The molecule has 1 aromatic heterocycles. The van der Waals surface area contributed by atoms with Crippen LogP contribution in [0.2, 0.25) is 0 Å². The predicted molar refractivity (Wildman–Crippen MR) is 91.7 cm³/mol. The smallest absolute Gasteiger partial charge is 0.253 e. The summed E-state index contributed by atoms with van der Waals surface area (Å²) in [5.41, 5.74) is 3.85. The first-order valence-electron chi connectivity index (χ1n) is 8.46. The summed E-state index contributed by atoms with van der Waals surface area (Å²) in [6, 6.07) is 5.83. The highest BCUT2D eigenvalue weighted by atomic mass is 32.1. The maximum Gasteiger partial charge on any atom is 0.253 e. The van der Waals surface area contributed by atoms with Gasteiger partial charge in [0.2, 0.25) is 0 Å². The number of nitrogens with zero attached hydrogens (tertiary/aromatic N) is 2. The maximum absolute atomic E-state index is 12.8. The zero-order valence-electron chi connectivity index (χ0n) is 13.2. The Balaban J connectivity index is 1.44. The molecule has 2 fully saturated rings. The Morgan fingerprint density at radius 3 is 2.70 bits per heavy atom. The fourth-order valence-electron chi connectivity index (χ4n) is 4.07. The van der Waals surface area contributed by atoms with Gasteiger partial charge < -0.3 is 10.0 Å². The van der Waals surface area contributed by atoms with Gasteiger partial charge in [-0.25, -0.2) is 4.98 Å². The fourth-order valence-corrected chi connectivity index (χ4v) is 4.73. The summed E-state index contributed by atoms with van der Waals surface area (Å²) in [6.07, 6.45) is 6.12. The summed E-state index contributed by atoms with van der Waals surface area (Å²) in [4.78, 5) is 19.0. The van der Waals surface area contributed by atoms with Crippen molar-refractivity contribution >= 4 is 27.5 Å². The van der Waals surface area contributed by atoms with E-state index in [1.165, 1.54) is 0 Å². The number of aliphatic hydroxyl groups is 1. The van der Waals surface area contributed by atoms with Crippen molar-refractivity contribution in [2.75, 3.05) is 13.1 Å². The Hall–Kier alpha value is -1.46. The third-order valence-corrected chi connectivity index (χ3v) is 6.51. The van der Waals surface area contributed by atoms with Crippen molar-refractivity contribution in [3.05, 3.63) is 29.3 Å². The Bertz CT molecular complexity index is 709. The van der Waals surface area contributed by atoms with Crippen LogP contribution in [0.15, 0.2) is 23.7 Å². The molecule has 0 radical (unpaired) electrons. The van der Waals surface area contributed by atoms with Crippen LogP contribution in [0.1, 0.15) is 48.9 Å². The minimum atomic E-state index is -0.106. The molecule has 1 aliphatic carbocycles. The number of carbonyl (C=O) groups is 1. The Labute approximate surface area is 140 Å². The number of benzene rings is 1. The van der Waals surface area contributed by atoms with Crippen molar-refractivity contribution < 1.29 is 9.90 Å². The molecular weight excluding hydrogens is 308 g/mol. The number of aromatic nitrogens is 1. The molecule has 0 atom stereocenters. The van der Waals surface area contributed by atoms with Gasteiger partial charge in [-0.1, -0.05) is 0 Å². The molecule has 1 saturated carbocycles. The van der Waals surface area contributed by atoms with Crippen molar-refractivity contribution in [1.82, 2.24) is 9.88 Å². The number of aliphatic hydroxyl groups excluding tert-OH is 1. The van der Waals surface area contributed by atoms with E-state index in [1.807, 2.05) is 28.6 Å². The third kappa shape index (κ3) is 2.88. The second-order valence-electron chi connectivity index (χ2n) is 7.06. The summed E-state index contributed by atoms with van der Waals surface area (Å²) < 4.78 is 1.12. The second-order valence-corrected chi connectivity index (χ2v) is 7.94. The Morgan fingerprint density at radius 1 is 1.22 bits per heavy atom. The molecule has 1 saturated heterocycles. The zero-order chi connectivity index (χ0) is 15.9. The van der Waals surface area contributed by atoms with Gasteiger partial charge in [0.15, 0.2) is 0 Å². The normalized spacial score (nSPS) is 21.9. The molecule has 1 N–H and O–H groups in total. The van der Waals surface area contributed by atoms with Crippen molar-refractivity contribution in [3.8, 4) is 0 Å². The van der Waals surface area contributed by atoms with Gasteiger partial charge in [0.25, 0.3) is 5.91 Å². The van der Waals surface area contributed by atoms with Gasteiger partial charge in [0, 0.05) is 18.7 Å². The minimum absolute atomic E-state index is 0.106. The van der Waals surface area contributed by atoms with Crippen molar-refractivity contribution in [3.63, 3.8) is 0 Å². The summed E-state index contributed by atoms with van der Waals surface area (Å²) in [5, 5.41) is 9.71. The first-order chi connectivity index (χ1) is 11.2. The van der Waals surface area contributed by atoms with E-state index in [0.717, 1.165) is 67.4 Å². The summed E-state index contributed by atoms with van der Waals surface area (Å²) in [5.74, 6) is 0.130. The van der Waals surface area contributed by atoms with Gasteiger partial charge in [0.1, 0.15) is 0 Å². The van der Waals surface area contributed by atoms with Gasteiger partial charge >= 0.3 is 0 Å². The molecule has 4 rings (SSSR count). The molecule has 4 nitrogen and oxygen atoms in total. The molecule has 2 heterocycles. The van der Waals surface area contributed by atoms with Crippen LogP contribution < -0.4 is 0 Å². The lowest BCUT2D eigenvalue weighted by Gasteiger charge is -2.45. The van der Waals surface area contributed by atoms with Crippen molar-refractivity contribution in [2.24, 2.45) is 5.41 Å². The molecule has 1 spiro atoms. The maximum atomic E-state index is 12.8. The third-order valence-electron chi connectivity index (χ3n) is 5.70. The SMILES string of the molecule is O=C(c1ccc2scnc2c1)N1CCC2(CCC(O)CC2)CC1. The lowest BCUT2D eigenvalue weighted by Crippen LogP contribution is -2.45. The van der Waals surface area contributed by atoms with E-state index in [0.29, 0.717) is 5.41 Å². The standard InChI is InChI=1S/C18H22N2O2S/c21-14-3-5-18(6-4-14)7-9-20(10-8-18)17(22)13-1-2-16-15(11-13)19-12-23-16/h1-2,11-12,14,21H,3-10H2. The second kappa shape index (κ2) is 5.87. The van der Waals surface area contributed by atoms with Gasteiger partial charge in [-0.05, 0) is 62.1 Å². The molecule has 1 aromatic carbocycles. The average Bonchev–Trinajstić information content (AvgIpc) is 3.05. The average molecular weight is 330 g/mol. The number of hydrogen-bond donors (Lipinski definition) is 1. The molecule has 5 heteroatoms. The molecule has 0 unspecified atom stereocenters. The van der Waals surface area contributed by atoms with Crippen LogP contribution in [-0.2, 0) is 0 Å². The topological polar surface area (TPSA) is 53.4 Å². The highest BCUT2D eigenvalue weighted by molar-refractivity contribution is 7.16. The molecule has 122 valence electrons. The van der Waals surface area contributed by atoms with Gasteiger partial charge in [-0.15, -0.1) is 11.3 Å².